The van der Waals surface area contributed by atoms with Gasteiger partial charge in [-0.25, -0.2) is 14.1 Å². The minimum absolute atomic E-state index is 0.134. The van der Waals surface area contributed by atoms with Gasteiger partial charge in [0.05, 0.1) is 10.2 Å². The van der Waals surface area contributed by atoms with E-state index < -0.39 is 0 Å². The second kappa shape index (κ2) is 5.79. The van der Waals surface area contributed by atoms with Crippen molar-refractivity contribution in [2.24, 2.45) is 5.92 Å². The number of likely N-dealkylation sites (tertiary alicyclic amines) is 1. The van der Waals surface area contributed by atoms with Gasteiger partial charge in [0.1, 0.15) is 11.6 Å². The van der Waals surface area contributed by atoms with Gasteiger partial charge in [0.15, 0.2) is 0 Å². The van der Waals surface area contributed by atoms with Crippen LogP contribution < -0.4 is 0 Å². The lowest BCUT2D eigenvalue weighted by Crippen LogP contribution is -2.31. The summed E-state index contributed by atoms with van der Waals surface area (Å²) in [6, 6.07) is 4.51. The third-order valence-corrected chi connectivity index (χ3v) is 4.37. The van der Waals surface area contributed by atoms with Crippen LogP contribution in [0.25, 0.3) is 5.69 Å². The SMILES string of the molecule is Cc1nc(C(=O)N2CCC(C)C2)n(-c2ccc(F)c(Br)c2)n1. The van der Waals surface area contributed by atoms with Gasteiger partial charge >= 0.3 is 0 Å². The van der Waals surface area contributed by atoms with Gasteiger partial charge in [0.25, 0.3) is 5.91 Å². The Morgan fingerprint density at radius 2 is 2.23 bits per heavy atom. The van der Waals surface area contributed by atoms with Crippen molar-refractivity contribution in [2.45, 2.75) is 20.3 Å². The van der Waals surface area contributed by atoms with Crippen molar-refractivity contribution in [3.8, 4) is 5.69 Å². The zero-order valence-corrected chi connectivity index (χ0v) is 14.0. The van der Waals surface area contributed by atoms with E-state index >= 15 is 0 Å². The normalized spacial score (nSPS) is 18.0. The highest BCUT2D eigenvalue weighted by molar-refractivity contribution is 9.10. The predicted octanol–water partition coefficient (Wildman–Crippen LogP) is 2.96. The third-order valence-electron chi connectivity index (χ3n) is 3.76. The number of carbonyl (C=O) groups is 1. The van der Waals surface area contributed by atoms with E-state index in [2.05, 4.69) is 32.9 Å². The predicted molar refractivity (Wildman–Crippen MR) is 83.4 cm³/mol. The highest BCUT2D eigenvalue weighted by Gasteiger charge is 2.28. The average Bonchev–Trinajstić information content (AvgIpc) is 3.07. The second-order valence-corrected chi connectivity index (χ2v) is 6.49. The Balaban J connectivity index is 1.99. The quantitative estimate of drug-likeness (QED) is 0.820. The number of carbonyl (C=O) groups excluding carboxylic acids is 1. The van der Waals surface area contributed by atoms with Crippen LogP contribution >= 0.6 is 15.9 Å². The van der Waals surface area contributed by atoms with Crippen LogP contribution in [0.4, 0.5) is 4.39 Å². The first kappa shape index (κ1) is 15.1. The van der Waals surface area contributed by atoms with E-state index in [0.717, 1.165) is 19.5 Å². The van der Waals surface area contributed by atoms with Crippen molar-refractivity contribution in [1.29, 1.82) is 0 Å². The third kappa shape index (κ3) is 2.77. The largest absolute Gasteiger partial charge is 0.336 e. The zero-order valence-electron chi connectivity index (χ0n) is 12.4. The molecular weight excluding hydrogens is 351 g/mol. The molecule has 0 radical (unpaired) electrons. The highest BCUT2D eigenvalue weighted by Crippen LogP contribution is 2.22. The summed E-state index contributed by atoms with van der Waals surface area (Å²) in [6.45, 7) is 5.33. The lowest BCUT2D eigenvalue weighted by Gasteiger charge is -2.15. The Labute approximate surface area is 136 Å². The molecule has 0 aliphatic carbocycles. The van der Waals surface area contributed by atoms with Gasteiger partial charge in [0.2, 0.25) is 5.82 Å². The molecule has 1 aliphatic heterocycles. The summed E-state index contributed by atoms with van der Waals surface area (Å²) in [5.41, 5.74) is 0.601. The number of amides is 1. The van der Waals surface area contributed by atoms with Gasteiger partial charge in [-0.05, 0) is 53.4 Å². The fourth-order valence-electron chi connectivity index (χ4n) is 2.61. The first-order valence-electron chi connectivity index (χ1n) is 7.14. The van der Waals surface area contributed by atoms with Crippen LogP contribution in [-0.2, 0) is 0 Å². The van der Waals surface area contributed by atoms with Gasteiger partial charge in [0, 0.05) is 13.1 Å². The number of benzene rings is 1. The van der Waals surface area contributed by atoms with E-state index in [4.69, 9.17) is 0 Å². The smallest absolute Gasteiger partial charge is 0.291 e. The summed E-state index contributed by atoms with van der Waals surface area (Å²) in [4.78, 5) is 18.7. The van der Waals surface area contributed by atoms with Crippen molar-refractivity contribution in [3.05, 3.63) is 40.1 Å². The Morgan fingerprint density at radius 1 is 1.45 bits per heavy atom. The van der Waals surface area contributed by atoms with E-state index in [1.807, 2.05) is 0 Å². The highest BCUT2D eigenvalue weighted by atomic mass is 79.9. The Kier molecular flexibility index (Phi) is 3.99. The van der Waals surface area contributed by atoms with Crippen LogP contribution in [0, 0.1) is 18.7 Å². The van der Waals surface area contributed by atoms with E-state index in [1.165, 1.54) is 10.7 Å². The number of hydrogen-bond acceptors (Lipinski definition) is 3. The molecular formula is C15H16BrFN4O. The molecule has 1 unspecified atom stereocenters. The topological polar surface area (TPSA) is 51.0 Å². The average molecular weight is 367 g/mol. The van der Waals surface area contributed by atoms with Crippen LogP contribution in [0.2, 0.25) is 0 Å². The van der Waals surface area contributed by atoms with Crippen LogP contribution in [0.3, 0.4) is 0 Å². The van der Waals surface area contributed by atoms with Gasteiger partial charge in [-0.15, -0.1) is 0 Å². The number of aryl methyl sites for hydroxylation is 1. The number of nitrogens with zero attached hydrogens (tertiary/aromatic N) is 4. The molecule has 0 spiro atoms. The van der Waals surface area contributed by atoms with E-state index in [1.54, 1.807) is 24.0 Å². The molecule has 3 rings (SSSR count). The van der Waals surface area contributed by atoms with Crippen LogP contribution in [0.15, 0.2) is 22.7 Å². The van der Waals surface area contributed by atoms with Gasteiger partial charge in [-0.3, -0.25) is 4.79 Å². The first-order chi connectivity index (χ1) is 10.5. The molecule has 1 fully saturated rings. The van der Waals surface area contributed by atoms with Crippen molar-refractivity contribution < 1.29 is 9.18 Å². The van der Waals surface area contributed by atoms with E-state index in [0.29, 0.717) is 21.9 Å². The molecule has 1 aromatic heterocycles. The minimum Gasteiger partial charge on any atom is -0.336 e. The minimum atomic E-state index is -0.359. The number of halogens is 2. The summed E-state index contributed by atoms with van der Waals surface area (Å²) >= 11 is 3.15. The van der Waals surface area contributed by atoms with Crippen molar-refractivity contribution in [1.82, 2.24) is 19.7 Å². The molecule has 5 nitrogen and oxygen atoms in total. The van der Waals surface area contributed by atoms with Crippen molar-refractivity contribution >= 4 is 21.8 Å². The number of hydrogen-bond donors (Lipinski definition) is 0. The van der Waals surface area contributed by atoms with Crippen LogP contribution in [0.5, 0.6) is 0 Å². The fraction of sp³-hybridized carbons (Fsp3) is 0.400. The summed E-state index contributed by atoms with van der Waals surface area (Å²) in [5.74, 6) is 0.787. The molecule has 1 saturated heterocycles. The summed E-state index contributed by atoms with van der Waals surface area (Å²) < 4.78 is 15.2. The molecule has 0 bridgehead atoms. The lowest BCUT2D eigenvalue weighted by molar-refractivity contribution is 0.0773. The Morgan fingerprint density at radius 3 is 2.86 bits per heavy atom. The number of rotatable bonds is 2. The molecule has 116 valence electrons. The monoisotopic (exact) mass is 366 g/mol. The fourth-order valence-corrected chi connectivity index (χ4v) is 2.98. The number of aromatic nitrogens is 3. The molecule has 1 atom stereocenters. The standard InChI is InChI=1S/C15H16BrFN4O/c1-9-5-6-20(8-9)15(22)14-18-10(2)19-21(14)11-3-4-13(17)12(16)7-11/h3-4,7,9H,5-6,8H2,1-2H3. The Bertz CT molecular complexity index is 730. The van der Waals surface area contributed by atoms with Crippen molar-refractivity contribution in [3.63, 3.8) is 0 Å². The molecule has 7 heteroatoms. The second-order valence-electron chi connectivity index (χ2n) is 5.64. The maximum absolute atomic E-state index is 13.4. The summed E-state index contributed by atoms with van der Waals surface area (Å²) in [6.07, 6.45) is 1.00. The summed E-state index contributed by atoms with van der Waals surface area (Å²) in [5, 5.41) is 4.28. The zero-order chi connectivity index (χ0) is 15.9. The van der Waals surface area contributed by atoms with Gasteiger partial charge in [-0.2, -0.15) is 5.10 Å². The Hall–Kier alpha value is -1.76. The lowest BCUT2D eigenvalue weighted by atomic mass is 10.2. The first-order valence-corrected chi connectivity index (χ1v) is 7.93. The molecule has 1 aliphatic rings. The maximum Gasteiger partial charge on any atom is 0.291 e. The van der Waals surface area contributed by atoms with Crippen LogP contribution in [0.1, 0.15) is 29.8 Å². The molecule has 0 N–H and O–H groups in total. The van der Waals surface area contributed by atoms with Crippen LogP contribution in [-0.4, -0.2) is 38.7 Å². The maximum atomic E-state index is 13.4. The summed E-state index contributed by atoms with van der Waals surface area (Å²) in [7, 11) is 0. The van der Waals surface area contributed by atoms with Gasteiger partial charge < -0.3 is 4.90 Å². The van der Waals surface area contributed by atoms with Gasteiger partial charge in [-0.1, -0.05) is 6.92 Å². The van der Waals surface area contributed by atoms with E-state index in [-0.39, 0.29) is 17.5 Å². The molecule has 1 aromatic carbocycles. The molecule has 22 heavy (non-hydrogen) atoms. The van der Waals surface area contributed by atoms with E-state index in [9.17, 15) is 9.18 Å². The molecule has 1 amide bonds. The molecule has 2 heterocycles. The van der Waals surface area contributed by atoms with Crippen molar-refractivity contribution in [2.75, 3.05) is 13.1 Å². The molecule has 2 aromatic rings. The molecule has 0 saturated carbocycles.